The first-order chi connectivity index (χ1) is 9.40. The molecule has 0 aliphatic rings. The van der Waals surface area contributed by atoms with Gasteiger partial charge in [0.25, 0.3) is 0 Å². The van der Waals surface area contributed by atoms with Crippen LogP contribution in [0.25, 0.3) is 10.9 Å². The number of rotatable bonds is 8. The molecule has 1 heterocycles. The van der Waals surface area contributed by atoms with Crippen LogP contribution in [0.1, 0.15) is 6.42 Å². The minimum absolute atomic E-state index is 0.652. The summed E-state index contributed by atoms with van der Waals surface area (Å²) in [6.45, 7) is 2.91. The third-order valence-corrected chi connectivity index (χ3v) is 2.80. The third-order valence-electron chi connectivity index (χ3n) is 2.80. The van der Waals surface area contributed by atoms with Gasteiger partial charge in [-0.3, -0.25) is 0 Å². The molecule has 0 amide bonds. The van der Waals surface area contributed by atoms with E-state index in [1.54, 1.807) is 7.11 Å². The monoisotopic (exact) mass is 260 g/mol. The molecule has 19 heavy (non-hydrogen) atoms. The molecule has 1 N–H and O–H groups in total. The van der Waals surface area contributed by atoms with E-state index in [9.17, 15) is 0 Å². The van der Waals surface area contributed by atoms with Crippen LogP contribution in [0, 0.1) is 0 Å². The first-order valence-corrected chi connectivity index (χ1v) is 6.56. The van der Waals surface area contributed by atoms with Crippen LogP contribution >= 0.6 is 0 Å². The highest BCUT2D eigenvalue weighted by Crippen LogP contribution is 2.14. The number of pyridine rings is 1. The van der Waals surface area contributed by atoms with Crippen LogP contribution in [0.4, 0.5) is 5.82 Å². The van der Waals surface area contributed by atoms with Gasteiger partial charge >= 0.3 is 0 Å². The summed E-state index contributed by atoms with van der Waals surface area (Å²) in [5, 5.41) is 4.47. The van der Waals surface area contributed by atoms with Crippen molar-refractivity contribution in [2.45, 2.75) is 6.42 Å². The summed E-state index contributed by atoms with van der Waals surface area (Å²) >= 11 is 0. The van der Waals surface area contributed by atoms with Crippen molar-refractivity contribution in [2.24, 2.45) is 0 Å². The zero-order valence-corrected chi connectivity index (χ0v) is 11.3. The molecule has 1 aromatic heterocycles. The summed E-state index contributed by atoms with van der Waals surface area (Å²) in [6, 6.07) is 12.2. The lowest BCUT2D eigenvalue weighted by molar-refractivity contribution is 0.0705. The lowest BCUT2D eigenvalue weighted by Gasteiger charge is -2.07. The Bertz CT molecular complexity index is 502. The molecule has 0 aliphatic heterocycles. The smallest absolute Gasteiger partial charge is 0.126 e. The molecule has 102 valence electrons. The molecule has 4 nitrogen and oxygen atoms in total. The Kier molecular flexibility index (Phi) is 5.59. The summed E-state index contributed by atoms with van der Waals surface area (Å²) in [5.41, 5.74) is 1.02. The minimum Gasteiger partial charge on any atom is -0.382 e. The van der Waals surface area contributed by atoms with Gasteiger partial charge in [0.05, 0.1) is 18.7 Å². The van der Waals surface area contributed by atoms with Crippen molar-refractivity contribution in [3.8, 4) is 0 Å². The van der Waals surface area contributed by atoms with Gasteiger partial charge in [-0.2, -0.15) is 0 Å². The van der Waals surface area contributed by atoms with Crippen molar-refractivity contribution in [2.75, 3.05) is 38.8 Å². The zero-order chi connectivity index (χ0) is 13.3. The topological polar surface area (TPSA) is 43.4 Å². The van der Waals surface area contributed by atoms with E-state index in [2.05, 4.69) is 22.4 Å². The number of ether oxygens (including phenoxy) is 2. The lowest BCUT2D eigenvalue weighted by atomic mass is 10.2. The third kappa shape index (κ3) is 4.50. The Hall–Kier alpha value is -1.65. The largest absolute Gasteiger partial charge is 0.382 e. The maximum atomic E-state index is 5.40. The Morgan fingerprint density at radius 1 is 1.05 bits per heavy atom. The first-order valence-electron chi connectivity index (χ1n) is 6.56. The van der Waals surface area contributed by atoms with Gasteiger partial charge in [0, 0.05) is 25.6 Å². The van der Waals surface area contributed by atoms with E-state index in [1.165, 1.54) is 0 Å². The van der Waals surface area contributed by atoms with Crippen molar-refractivity contribution in [1.82, 2.24) is 4.98 Å². The predicted molar refractivity (Wildman–Crippen MR) is 77.5 cm³/mol. The van der Waals surface area contributed by atoms with Crippen molar-refractivity contribution in [3.63, 3.8) is 0 Å². The number of benzene rings is 1. The molecule has 2 aromatic rings. The Morgan fingerprint density at radius 2 is 1.95 bits per heavy atom. The van der Waals surface area contributed by atoms with Crippen molar-refractivity contribution in [1.29, 1.82) is 0 Å². The maximum Gasteiger partial charge on any atom is 0.126 e. The molecule has 0 unspecified atom stereocenters. The SMILES string of the molecule is COCCOCCCNc1ccc2ccccc2n1. The first kappa shape index (κ1) is 13.8. The molecule has 0 radical (unpaired) electrons. The summed E-state index contributed by atoms with van der Waals surface area (Å²) in [7, 11) is 1.68. The van der Waals surface area contributed by atoms with Gasteiger partial charge < -0.3 is 14.8 Å². The molecule has 2 rings (SSSR count). The second-order valence-electron chi connectivity index (χ2n) is 4.27. The summed E-state index contributed by atoms with van der Waals surface area (Å²) in [5.74, 6) is 0.913. The van der Waals surface area contributed by atoms with Gasteiger partial charge in [-0.25, -0.2) is 4.98 Å². The molecule has 4 heteroatoms. The molecular formula is C15H20N2O2. The second kappa shape index (κ2) is 7.71. The minimum atomic E-state index is 0.652. The fourth-order valence-corrected chi connectivity index (χ4v) is 1.80. The summed E-state index contributed by atoms with van der Waals surface area (Å²) in [4.78, 5) is 4.55. The van der Waals surface area contributed by atoms with Gasteiger partial charge in [-0.1, -0.05) is 18.2 Å². The number of hydrogen-bond donors (Lipinski definition) is 1. The number of para-hydroxylation sites is 1. The lowest BCUT2D eigenvalue weighted by Crippen LogP contribution is -2.09. The van der Waals surface area contributed by atoms with E-state index >= 15 is 0 Å². The number of hydrogen-bond acceptors (Lipinski definition) is 4. The van der Waals surface area contributed by atoms with Gasteiger partial charge in [-0.15, -0.1) is 0 Å². The van der Waals surface area contributed by atoms with Crippen LogP contribution in [0.5, 0.6) is 0 Å². The van der Waals surface area contributed by atoms with Gasteiger partial charge in [0.15, 0.2) is 0 Å². The molecule has 0 saturated heterocycles. The Labute approximate surface area is 113 Å². The van der Waals surface area contributed by atoms with Crippen molar-refractivity contribution in [3.05, 3.63) is 36.4 Å². The van der Waals surface area contributed by atoms with Crippen LogP contribution in [0.2, 0.25) is 0 Å². The van der Waals surface area contributed by atoms with Crippen LogP contribution in [0.15, 0.2) is 36.4 Å². The maximum absolute atomic E-state index is 5.40. The zero-order valence-electron chi connectivity index (χ0n) is 11.3. The molecule has 1 aromatic carbocycles. The van der Waals surface area contributed by atoms with Crippen LogP contribution < -0.4 is 5.32 Å². The average molecular weight is 260 g/mol. The Morgan fingerprint density at radius 3 is 2.84 bits per heavy atom. The van der Waals surface area contributed by atoms with E-state index in [1.807, 2.05) is 24.3 Å². The fraction of sp³-hybridized carbons (Fsp3) is 0.400. The number of nitrogens with one attached hydrogen (secondary N) is 1. The van der Waals surface area contributed by atoms with E-state index in [0.717, 1.165) is 36.3 Å². The van der Waals surface area contributed by atoms with Gasteiger partial charge in [0.2, 0.25) is 0 Å². The number of fused-ring (bicyclic) bond motifs is 1. The molecule has 0 aliphatic carbocycles. The normalized spacial score (nSPS) is 10.8. The van der Waals surface area contributed by atoms with Gasteiger partial charge in [-0.05, 0) is 24.6 Å². The van der Waals surface area contributed by atoms with Crippen LogP contribution in [-0.2, 0) is 9.47 Å². The molecular weight excluding hydrogens is 240 g/mol. The Balaban J connectivity index is 1.72. The second-order valence-corrected chi connectivity index (χ2v) is 4.27. The molecule has 0 bridgehead atoms. The quantitative estimate of drug-likeness (QED) is 0.741. The predicted octanol–water partition coefficient (Wildman–Crippen LogP) is 2.70. The number of methoxy groups -OCH3 is 1. The molecule has 0 fully saturated rings. The van der Waals surface area contributed by atoms with E-state index in [0.29, 0.717) is 13.2 Å². The molecule has 0 spiro atoms. The van der Waals surface area contributed by atoms with Crippen molar-refractivity contribution < 1.29 is 9.47 Å². The molecule has 0 atom stereocenters. The summed E-state index contributed by atoms with van der Waals surface area (Å²) < 4.78 is 10.3. The summed E-state index contributed by atoms with van der Waals surface area (Å²) in [6.07, 6.45) is 0.957. The van der Waals surface area contributed by atoms with E-state index < -0.39 is 0 Å². The number of anilines is 1. The van der Waals surface area contributed by atoms with E-state index in [4.69, 9.17) is 9.47 Å². The highest BCUT2D eigenvalue weighted by atomic mass is 16.5. The van der Waals surface area contributed by atoms with Crippen LogP contribution in [-0.4, -0.2) is 38.5 Å². The molecule has 0 saturated carbocycles. The standard InChI is InChI=1S/C15H20N2O2/c1-18-11-12-19-10-4-9-16-15-8-7-13-5-2-3-6-14(13)17-15/h2-3,5-8H,4,9-12H2,1H3,(H,16,17). The van der Waals surface area contributed by atoms with Gasteiger partial charge in [0.1, 0.15) is 5.82 Å². The average Bonchev–Trinajstić information content (AvgIpc) is 2.46. The van der Waals surface area contributed by atoms with E-state index in [-0.39, 0.29) is 0 Å². The van der Waals surface area contributed by atoms with Crippen LogP contribution in [0.3, 0.4) is 0 Å². The van der Waals surface area contributed by atoms with Crippen molar-refractivity contribution >= 4 is 16.7 Å². The number of nitrogens with zero attached hydrogens (tertiary/aromatic N) is 1. The fourth-order valence-electron chi connectivity index (χ4n) is 1.80. The highest BCUT2D eigenvalue weighted by molar-refractivity contribution is 5.79. The number of aromatic nitrogens is 1. The highest BCUT2D eigenvalue weighted by Gasteiger charge is 1.97.